The average Bonchev–Trinajstić information content (AvgIpc) is 2.72. The van der Waals surface area contributed by atoms with Gasteiger partial charge in [0, 0.05) is 39.6 Å². The van der Waals surface area contributed by atoms with Crippen molar-refractivity contribution in [2.24, 2.45) is 15.0 Å². The summed E-state index contributed by atoms with van der Waals surface area (Å²) in [6.45, 7) is 1.69. The zero-order chi connectivity index (χ0) is 20.8. The van der Waals surface area contributed by atoms with Crippen LogP contribution in [0.3, 0.4) is 0 Å². The SMILES string of the molecule is C/N=C(/OC)OCC/N=C(\SCC/N=C(\SC)N(C)c1ccccc1)N(C)C. The van der Waals surface area contributed by atoms with Crippen LogP contribution in [0.4, 0.5) is 5.69 Å². The van der Waals surface area contributed by atoms with Crippen molar-refractivity contribution in [1.29, 1.82) is 0 Å². The molecule has 0 heterocycles. The van der Waals surface area contributed by atoms with Gasteiger partial charge in [0.1, 0.15) is 6.61 Å². The third-order valence-corrected chi connectivity index (χ3v) is 5.39. The van der Waals surface area contributed by atoms with Gasteiger partial charge in [0.25, 0.3) is 0 Å². The highest BCUT2D eigenvalue weighted by Crippen LogP contribution is 2.16. The number of amidine groups is 2. The van der Waals surface area contributed by atoms with E-state index in [9.17, 15) is 0 Å². The van der Waals surface area contributed by atoms with Crippen LogP contribution < -0.4 is 4.90 Å². The van der Waals surface area contributed by atoms with Crippen LogP contribution in [0.1, 0.15) is 0 Å². The number of para-hydroxylation sites is 1. The van der Waals surface area contributed by atoms with Crippen LogP contribution in [0.5, 0.6) is 0 Å². The first-order valence-electron chi connectivity index (χ1n) is 8.88. The number of hydrogen-bond acceptors (Lipinski definition) is 7. The lowest BCUT2D eigenvalue weighted by Gasteiger charge is -2.20. The van der Waals surface area contributed by atoms with E-state index in [-0.39, 0.29) is 6.08 Å². The number of ether oxygens (including phenoxy) is 2. The summed E-state index contributed by atoms with van der Waals surface area (Å²) < 4.78 is 10.3. The highest BCUT2D eigenvalue weighted by atomic mass is 32.2. The smallest absolute Gasteiger partial charge is 0.382 e. The lowest BCUT2D eigenvalue weighted by atomic mass is 10.3. The van der Waals surface area contributed by atoms with E-state index in [2.05, 4.69) is 27.0 Å². The molecule has 7 nitrogen and oxygen atoms in total. The summed E-state index contributed by atoms with van der Waals surface area (Å²) in [5.74, 6) is 0.851. The highest BCUT2D eigenvalue weighted by Gasteiger charge is 2.08. The standard InChI is InChI=1S/C19H31N5O2S2/c1-20-19(25-5)26-14-12-21-17(23(2)3)28-15-13-22-18(27-6)24(4)16-10-8-7-9-11-16/h7-11H,12-15H2,1-6H3/b20-19-,21-17-,22-18-. The van der Waals surface area contributed by atoms with Gasteiger partial charge in [-0.2, -0.15) is 0 Å². The van der Waals surface area contributed by atoms with Gasteiger partial charge in [-0.3, -0.25) is 9.98 Å². The van der Waals surface area contributed by atoms with Crippen molar-refractivity contribution in [1.82, 2.24) is 4.90 Å². The number of nitrogens with zero attached hydrogens (tertiary/aromatic N) is 5. The number of anilines is 1. The van der Waals surface area contributed by atoms with E-state index in [1.165, 1.54) is 7.11 Å². The Morgan fingerprint density at radius 3 is 2.29 bits per heavy atom. The molecule has 0 bridgehead atoms. The molecule has 0 saturated heterocycles. The zero-order valence-corrected chi connectivity index (χ0v) is 19.2. The first-order chi connectivity index (χ1) is 13.5. The van der Waals surface area contributed by atoms with Crippen molar-refractivity contribution < 1.29 is 9.47 Å². The second-order valence-corrected chi connectivity index (χ2v) is 7.55. The van der Waals surface area contributed by atoms with Gasteiger partial charge in [-0.25, -0.2) is 4.99 Å². The summed E-state index contributed by atoms with van der Waals surface area (Å²) in [7, 11) is 9.17. The Bertz CT molecular complexity index is 651. The third kappa shape index (κ3) is 8.88. The second kappa shape index (κ2) is 14.2. The molecule has 0 radical (unpaired) electrons. The number of rotatable bonds is 7. The van der Waals surface area contributed by atoms with Gasteiger partial charge >= 0.3 is 6.08 Å². The fourth-order valence-corrected chi connectivity index (χ4v) is 3.56. The van der Waals surface area contributed by atoms with E-state index < -0.39 is 0 Å². The molecule has 28 heavy (non-hydrogen) atoms. The number of thioether (sulfide) groups is 2. The molecule has 156 valence electrons. The fourth-order valence-electron chi connectivity index (χ4n) is 2.15. The average molecular weight is 426 g/mol. The summed E-state index contributed by atoms with van der Waals surface area (Å²) in [4.78, 5) is 17.3. The third-order valence-electron chi connectivity index (χ3n) is 3.49. The minimum atomic E-state index is 0.274. The summed E-state index contributed by atoms with van der Waals surface area (Å²) >= 11 is 3.33. The van der Waals surface area contributed by atoms with Gasteiger partial charge in [0.05, 0.1) is 20.2 Å². The van der Waals surface area contributed by atoms with E-state index in [1.807, 2.05) is 50.5 Å². The molecule has 0 aromatic heterocycles. The van der Waals surface area contributed by atoms with Gasteiger partial charge in [0.15, 0.2) is 10.3 Å². The van der Waals surface area contributed by atoms with E-state index in [0.29, 0.717) is 13.2 Å². The number of methoxy groups -OCH3 is 1. The molecule has 9 heteroatoms. The molecule has 1 aromatic rings. The number of aliphatic imine (C=N–C) groups is 3. The molecule has 0 fully saturated rings. The topological polar surface area (TPSA) is 62.0 Å². The first-order valence-corrected chi connectivity index (χ1v) is 11.1. The van der Waals surface area contributed by atoms with E-state index in [4.69, 9.17) is 14.5 Å². The van der Waals surface area contributed by atoms with Crippen molar-refractivity contribution >= 4 is 45.6 Å². The Balaban J connectivity index is 2.52. The lowest BCUT2D eigenvalue weighted by molar-refractivity contribution is 0.202. The van der Waals surface area contributed by atoms with Crippen LogP contribution in [-0.4, -0.2) is 88.3 Å². The molecule has 0 saturated carbocycles. The molecular weight excluding hydrogens is 394 g/mol. The first kappa shape index (κ1) is 24.2. The molecule has 0 spiro atoms. The molecular formula is C19H31N5O2S2. The quantitative estimate of drug-likeness (QED) is 0.380. The van der Waals surface area contributed by atoms with Gasteiger partial charge < -0.3 is 19.3 Å². The summed E-state index contributed by atoms with van der Waals surface area (Å²) in [5.41, 5.74) is 1.13. The normalized spacial score (nSPS) is 12.7. The highest BCUT2D eigenvalue weighted by molar-refractivity contribution is 8.14. The molecule has 1 rings (SSSR count). The molecule has 0 atom stereocenters. The monoisotopic (exact) mass is 425 g/mol. The lowest BCUT2D eigenvalue weighted by Crippen LogP contribution is -2.24. The predicted octanol–water partition coefficient (Wildman–Crippen LogP) is 3.14. The molecule has 1 aromatic carbocycles. The van der Waals surface area contributed by atoms with Crippen LogP contribution in [0.15, 0.2) is 45.3 Å². The molecule has 0 aliphatic carbocycles. The van der Waals surface area contributed by atoms with E-state index in [0.717, 1.165) is 28.3 Å². The molecule has 0 unspecified atom stereocenters. The van der Waals surface area contributed by atoms with Crippen LogP contribution in [0.2, 0.25) is 0 Å². The van der Waals surface area contributed by atoms with Crippen LogP contribution >= 0.6 is 23.5 Å². The van der Waals surface area contributed by atoms with Gasteiger partial charge in [-0.05, 0) is 18.4 Å². The Hall–Kier alpha value is -1.87. The van der Waals surface area contributed by atoms with Crippen LogP contribution in [0.25, 0.3) is 0 Å². The number of benzene rings is 1. The van der Waals surface area contributed by atoms with Crippen molar-refractivity contribution in [2.45, 2.75) is 0 Å². The second-order valence-electron chi connectivity index (χ2n) is 5.71. The van der Waals surface area contributed by atoms with Crippen LogP contribution in [-0.2, 0) is 9.47 Å². The maximum absolute atomic E-state index is 5.37. The Kier molecular flexibility index (Phi) is 12.2. The molecule has 0 amide bonds. The minimum Gasteiger partial charge on any atom is -0.454 e. The largest absolute Gasteiger partial charge is 0.454 e. The summed E-state index contributed by atoms with van der Waals surface area (Å²) in [6, 6.07) is 10.2. The summed E-state index contributed by atoms with van der Waals surface area (Å²) in [5, 5.41) is 1.95. The maximum Gasteiger partial charge on any atom is 0.382 e. The maximum atomic E-state index is 5.37. The van der Waals surface area contributed by atoms with Crippen molar-refractivity contribution in [2.75, 3.05) is 71.9 Å². The molecule has 0 N–H and O–H groups in total. The Morgan fingerprint density at radius 2 is 1.71 bits per heavy atom. The minimum absolute atomic E-state index is 0.274. The van der Waals surface area contributed by atoms with Gasteiger partial charge in [-0.15, -0.1) is 0 Å². The van der Waals surface area contributed by atoms with Crippen molar-refractivity contribution in [3.8, 4) is 0 Å². The van der Waals surface area contributed by atoms with Crippen molar-refractivity contribution in [3.05, 3.63) is 30.3 Å². The van der Waals surface area contributed by atoms with E-state index in [1.54, 1.807) is 30.6 Å². The van der Waals surface area contributed by atoms with Gasteiger partial charge in [0.2, 0.25) is 0 Å². The van der Waals surface area contributed by atoms with Crippen molar-refractivity contribution in [3.63, 3.8) is 0 Å². The van der Waals surface area contributed by atoms with E-state index >= 15 is 0 Å². The van der Waals surface area contributed by atoms with Crippen LogP contribution in [0, 0.1) is 0 Å². The fraction of sp³-hybridized carbons (Fsp3) is 0.526. The zero-order valence-electron chi connectivity index (χ0n) is 17.6. The number of hydrogen-bond donors (Lipinski definition) is 0. The predicted molar refractivity (Wildman–Crippen MR) is 125 cm³/mol. The molecule has 0 aliphatic rings. The Morgan fingerprint density at radius 1 is 1.04 bits per heavy atom. The van der Waals surface area contributed by atoms with Gasteiger partial charge in [-0.1, -0.05) is 41.7 Å². The summed E-state index contributed by atoms with van der Waals surface area (Å²) in [6.07, 6.45) is 2.32. The Labute approximate surface area is 177 Å². The molecule has 0 aliphatic heterocycles.